The molecule has 0 saturated heterocycles. The van der Waals surface area contributed by atoms with Crippen molar-refractivity contribution in [3.63, 3.8) is 0 Å². The minimum Gasteiger partial charge on any atom is -0.466 e. The molecule has 0 aliphatic rings. The maximum atomic E-state index is 11.5. The number of aromatic nitrogens is 1. The summed E-state index contributed by atoms with van der Waals surface area (Å²) < 4.78 is 14.0. The molecule has 7 heteroatoms. The Hall–Kier alpha value is -1.04. The molecule has 0 spiro atoms. The van der Waals surface area contributed by atoms with Crippen LogP contribution in [-0.4, -0.2) is 10.3 Å². The normalized spacial score (nSPS) is 10.4. The number of furan rings is 1. The first kappa shape index (κ1) is 11.4. The highest BCUT2D eigenvalue weighted by molar-refractivity contribution is 7.11. The molecule has 2 heterocycles. The van der Waals surface area contributed by atoms with Gasteiger partial charge in [0.25, 0.3) is 0 Å². The second-order valence-corrected chi connectivity index (χ2v) is 4.53. The number of esters is 1. The molecule has 0 N–H and O–H groups in total. The third-order valence-electron chi connectivity index (χ3n) is 1.72. The Labute approximate surface area is 105 Å². The molecule has 0 radical (unpaired) electrons. The van der Waals surface area contributed by atoms with Crippen molar-refractivity contribution in [2.75, 3.05) is 0 Å². The predicted octanol–water partition coefficient (Wildman–Crippen LogP) is 3.40. The van der Waals surface area contributed by atoms with E-state index >= 15 is 0 Å². The number of hydrogen-bond acceptors (Lipinski definition) is 5. The van der Waals surface area contributed by atoms with Gasteiger partial charge in [-0.2, -0.15) is 4.37 Å². The van der Waals surface area contributed by atoms with Gasteiger partial charge in [-0.1, -0.05) is 23.2 Å². The van der Waals surface area contributed by atoms with Crippen molar-refractivity contribution in [2.24, 2.45) is 0 Å². The quantitative estimate of drug-likeness (QED) is 0.807. The van der Waals surface area contributed by atoms with Crippen LogP contribution in [0.1, 0.15) is 16.2 Å². The second-order valence-electron chi connectivity index (χ2n) is 2.77. The largest absolute Gasteiger partial charge is 0.466 e. The molecule has 0 aliphatic carbocycles. The highest BCUT2D eigenvalue weighted by Gasteiger charge is 2.19. The van der Waals surface area contributed by atoms with Crippen molar-refractivity contribution >= 4 is 40.7 Å². The Kier molecular flexibility index (Phi) is 3.48. The highest BCUT2D eigenvalue weighted by atomic mass is 35.5. The van der Waals surface area contributed by atoms with Crippen LogP contribution in [0.5, 0.6) is 0 Å². The Balaban J connectivity index is 2.01. The van der Waals surface area contributed by atoms with E-state index in [1.54, 1.807) is 12.1 Å². The number of halogens is 2. The van der Waals surface area contributed by atoms with E-state index in [-0.39, 0.29) is 21.7 Å². The molecule has 2 aromatic rings. The molecule has 0 fully saturated rings. The van der Waals surface area contributed by atoms with E-state index in [4.69, 9.17) is 32.4 Å². The van der Waals surface area contributed by atoms with Crippen LogP contribution >= 0.6 is 34.7 Å². The first-order valence-corrected chi connectivity index (χ1v) is 5.71. The summed E-state index contributed by atoms with van der Waals surface area (Å²) in [6, 6.07) is 3.40. The van der Waals surface area contributed by atoms with Crippen molar-refractivity contribution < 1.29 is 13.9 Å². The highest BCUT2D eigenvalue weighted by Crippen LogP contribution is 2.29. The molecule has 84 valence electrons. The SMILES string of the molecule is O=C(OCc1ccco1)c1nsc(Cl)c1Cl. The van der Waals surface area contributed by atoms with Crippen LogP contribution in [0.25, 0.3) is 0 Å². The van der Waals surface area contributed by atoms with Gasteiger partial charge < -0.3 is 9.15 Å². The van der Waals surface area contributed by atoms with Gasteiger partial charge in [0.15, 0.2) is 5.69 Å². The average Bonchev–Trinajstić information content (AvgIpc) is 2.88. The number of nitrogens with zero attached hydrogens (tertiary/aromatic N) is 1. The molecule has 4 nitrogen and oxygen atoms in total. The van der Waals surface area contributed by atoms with Gasteiger partial charge in [-0.25, -0.2) is 4.79 Å². The van der Waals surface area contributed by atoms with Crippen LogP contribution in [0.3, 0.4) is 0 Å². The molecule has 2 aromatic heterocycles. The van der Waals surface area contributed by atoms with Gasteiger partial charge in [0.2, 0.25) is 0 Å². The second kappa shape index (κ2) is 4.86. The van der Waals surface area contributed by atoms with Crippen LogP contribution in [-0.2, 0) is 11.3 Å². The maximum Gasteiger partial charge on any atom is 0.360 e. The van der Waals surface area contributed by atoms with Gasteiger partial charge in [-0.3, -0.25) is 0 Å². The lowest BCUT2D eigenvalue weighted by Gasteiger charge is -1.99. The van der Waals surface area contributed by atoms with E-state index in [1.165, 1.54) is 6.26 Å². The van der Waals surface area contributed by atoms with E-state index in [0.717, 1.165) is 11.5 Å². The van der Waals surface area contributed by atoms with Gasteiger partial charge >= 0.3 is 5.97 Å². The van der Waals surface area contributed by atoms with E-state index in [1.807, 2.05) is 0 Å². The van der Waals surface area contributed by atoms with Crippen LogP contribution in [0.4, 0.5) is 0 Å². The zero-order valence-corrected chi connectivity index (χ0v) is 10.1. The fourth-order valence-electron chi connectivity index (χ4n) is 0.986. The minimum absolute atomic E-state index is 0.0308. The standard InChI is InChI=1S/C9H5Cl2NO3S/c10-6-7(12-16-8(6)11)9(13)15-4-5-2-1-3-14-5/h1-3H,4H2. The van der Waals surface area contributed by atoms with E-state index in [9.17, 15) is 4.79 Å². The van der Waals surface area contributed by atoms with Crippen molar-refractivity contribution in [1.29, 1.82) is 0 Å². The number of carbonyl (C=O) groups excluding carboxylic acids is 1. The number of carbonyl (C=O) groups is 1. The summed E-state index contributed by atoms with van der Waals surface area (Å²) in [5.74, 6) is -0.0738. The van der Waals surface area contributed by atoms with Gasteiger partial charge in [0, 0.05) is 0 Å². The van der Waals surface area contributed by atoms with Crippen LogP contribution in [0.15, 0.2) is 22.8 Å². The topological polar surface area (TPSA) is 52.3 Å². The Morgan fingerprint density at radius 3 is 2.94 bits per heavy atom. The fourth-order valence-corrected chi connectivity index (χ4v) is 1.97. The molecule has 0 aromatic carbocycles. The Morgan fingerprint density at radius 2 is 2.38 bits per heavy atom. The number of rotatable bonds is 3. The van der Waals surface area contributed by atoms with Crippen LogP contribution in [0.2, 0.25) is 9.36 Å². The summed E-state index contributed by atoms with van der Waals surface area (Å²) in [5, 5.41) is 0.121. The van der Waals surface area contributed by atoms with Crippen molar-refractivity contribution in [3.05, 3.63) is 39.2 Å². The molecular weight excluding hydrogens is 273 g/mol. The molecular formula is C9H5Cl2NO3S. The first-order chi connectivity index (χ1) is 7.68. The summed E-state index contributed by atoms with van der Waals surface area (Å²) in [7, 11) is 0. The van der Waals surface area contributed by atoms with Crippen molar-refractivity contribution in [2.45, 2.75) is 6.61 Å². The average molecular weight is 278 g/mol. The van der Waals surface area contributed by atoms with Crippen molar-refractivity contribution in [3.8, 4) is 0 Å². The van der Waals surface area contributed by atoms with Crippen LogP contribution in [0, 0.1) is 0 Å². The molecule has 0 amide bonds. The maximum absolute atomic E-state index is 11.5. The molecule has 0 unspecified atom stereocenters. The van der Waals surface area contributed by atoms with Crippen LogP contribution < -0.4 is 0 Å². The summed E-state index contributed by atoms with van der Waals surface area (Å²) in [4.78, 5) is 11.5. The number of hydrogen-bond donors (Lipinski definition) is 0. The van der Waals surface area contributed by atoms with Gasteiger partial charge in [-0.15, -0.1) is 0 Å². The lowest BCUT2D eigenvalue weighted by Crippen LogP contribution is -2.05. The first-order valence-electron chi connectivity index (χ1n) is 4.18. The molecule has 0 bridgehead atoms. The monoisotopic (exact) mass is 277 g/mol. The zero-order valence-electron chi connectivity index (χ0n) is 7.78. The molecule has 16 heavy (non-hydrogen) atoms. The summed E-state index contributed by atoms with van der Waals surface area (Å²) in [5.41, 5.74) is 0.0308. The number of ether oxygens (including phenoxy) is 1. The fraction of sp³-hybridized carbons (Fsp3) is 0.111. The third-order valence-corrected chi connectivity index (χ3v) is 3.33. The van der Waals surface area contributed by atoms with E-state index < -0.39 is 5.97 Å². The van der Waals surface area contributed by atoms with E-state index in [2.05, 4.69) is 4.37 Å². The molecule has 0 aliphatic heterocycles. The van der Waals surface area contributed by atoms with Crippen molar-refractivity contribution in [1.82, 2.24) is 4.37 Å². The van der Waals surface area contributed by atoms with Gasteiger partial charge in [-0.05, 0) is 23.7 Å². The minimum atomic E-state index is -0.621. The Morgan fingerprint density at radius 1 is 1.56 bits per heavy atom. The molecule has 0 saturated carbocycles. The van der Waals surface area contributed by atoms with Gasteiger partial charge in [0.1, 0.15) is 21.7 Å². The van der Waals surface area contributed by atoms with E-state index in [0.29, 0.717) is 5.76 Å². The third kappa shape index (κ3) is 2.37. The Bertz CT molecular complexity index is 495. The summed E-state index contributed by atoms with van der Waals surface area (Å²) >= 11 is 12.4. The molecule has 2 rings (SSSR count). The lowest BCUT2D eigenvalue weighted by atomic mass is 10.4. The lowest BCUT2D eigenvalue weighted by molar-refractivity contribution is 0.0440. The summed E-state index contributed by atoms with van der Waals surface area (Å²) in [6.45, 7) is 0.0390. The molecule has 0 atom stereocenters. The smallest absolute Gasteiger partial charge is 0.360 e. The summed E-state index contributed by atoms with van der Waals surface area (Å²) in [6.07, 6.45) is 1.50. The van der Waals surface area contributed by atoms with Gasteiger partial charge in [0.05, 0.1) is 6.26 Å². The zero-order chi connectivity index (χ0) is 11.5. The predicted molar refractivity (Wildman–Crippen MR) is 60.0 cm³/mol.